The highest BCUT2D eigenvalue weighted by Crippen LogP contribution is 2.26. The smallest absolute Gasteiger partial charge is 0.282 e. The van der Waals surface area contributed by atoms with Crippen molar-refractivity contribution in [1.29, 1.82) is 0 Å². The van der Waals surface area contributed by atoms with Gasteiger partial charge in [0, 0.05) is 31.6 Å². The number of rotatable bonds is 3. The van der Waals surface area contributed by atoms with Crippen LogP contribution in [-0.4, -0.2) is 47.7 Å². The zero-order valence-electron chi connectivity index (χ0n) is 11.4. The van der Waals surface area contributed by atoms with E-state index in [4.69, 9.17) is 18.0 Å². The molecule has 2 aliphatic rings. The SMILES string of the molecule is CC1CCCCN1S(=O)(=O)N1CCC(C(N)=S)CC1. The van der Waals surface area contributed by atoms with Crippen LogP contribution >= 0.6 is 12.2 Å². The Morgan fingerprint density at radius 3 is 2.32 bits per heavy atom. The summed E-state index contributed by atoms with van der Waals surface area (Å²) >= 11 is 4.99. The molecule has 7 heteroatoms. The molecule has 2 aliphatic heterocycles. The summed E-state index contributed by atoms with van der Waals surface area (Å²) in [4.78, 5) is 0.517. The predicted molar refractivity (Wildman–Crippen MR) is 80.0 cm³/mol. The molecule has 0 radical (unpaired) electrons. The predicted octanol–water partition coefficient (Wildman–Crippen LogP) is 1.10. The molecule has 0 bridgehead atoms. The molecule has 2 rings (SSSR count). The highest BCUT2D eigenvalue weighted by molar-refractivity contribution is 7.86. The van der Waals surface area contributed by atoms with E-state index in [0.29, 0.717) is 24.6 Å². The van der Waals surface area contributed by atoms with E-state index in [9.17, 15) is 8.42 Å². The van der Waals surface area contributed by atoms with Crippen molar-refractivity contribution in [2.45, 2.75) is 45.1 Å². The van der Waals surface area contributed by atoms with Crippen molar-refractivity contribution in [2.75, 3.05) is 19.6 Å². The molecule has 110 valence electrons. The standard InChI is InChI=1S/C12H23N3O2S2/c1-10-4-2-3-7-15(10)19(16,17)14-8-5-11(6-9-14)12(13)18/h10-11H,2-9H2,1H3,(H2,13,18). The number of thiocarbonyl (C=S) groups is 1. The maximum atomic E-state index is 12.6. The molecule has 2 saturated heterocycles. The van der Waals surface area contributed by atoms with Crippen LogP contribution in [0.2, 0.25) is 0 Å². The van der Waals surface area contributed by atoms with Crippen LogP contribution in [0.25, 0.3) is 0 Å². The molecule has 0 aromatic heterocycles. The summed E-state index contributed by atoms with van der Waals surface area (Å²) in [6, 6.07) is 0.118. The lowest BCUT2D eigenvalue weighted by Crippen LogP contribution is -2.52. The first-order valence-corrected chi connectivity index (χ1v) is 8.79. The van der Waals surface area contributed by atoms with Crippen LogP contribution in [-0.2, 0) is 10.2 Å². The Balaban J connectivity index is 2.03. The lowest BCUT2D eigenvalue weighted by molar-refractivity contribution is 0.229. The van der Waals surface area contributed by atoms with Crippen molar-refractivity contribution in [3.8, 4) is 0 Å². The maximum Gasteiger partial charge on any atom is 0.282 e. The van der Waals surface area contributed by atoms with Crippen LogP contribution in [0.3, 0.4) is 0 Å². The van der Waals surface area contributed by atoms with Crippen molar-refractivity contribution in [2.24, 2.45) is 11.7 Å². The van der Waals surface area contributed by atoms with Crippen molar-refractivity contribution in [3.63, 3.8) is 0 Å². The fraction of sp³-hybridized carbons (Fsp3) is 0.917. The van der Waals surface area contributed by atoms with Gasteiger partial charge in [-0.25, -0.2) is 0 Å². The van der Waals surface area contributed by atoms with Gasteiger partial charge >= 0.3 is 0 Å². The third-order valence-corrected chi connectivity index (χ3v) is 6.71. The van der Waals surface area contributed by atoms with E-state index in [-0.39, 0.29) is 12.0 Å². The van der Waals surface area contributed by atoms with Crippen molar-refractivity contribution in [1.82, 2.24) is 8.61 Å². The fourth-order valence-electron chi connectivity index (χ4n) is 2.93. The molecule has 0 aliphatic carbocycles. The fourth-order valence-corrected chi connectivity index (χ4v) is 5.06. The molecule has 1 unspecified atom stereocenters. The summed E-state index contributed by atoms with van der Waals surface area (Å²) in [6.07, 6.45) is 4.54. The third-order valence-electron chi connectivity index (χ3n) is 4.22. The van der Waals surface area contributed by atoms with Crippen LogP contribution in [0.5, 0.6) is 0 Å². The van der Waals surface area contributed by atoms with Crippen LogP contribution in [0.15, 0.2) is 0 Å². The zero-order chi connectivity index (χ0) is 14.0. The average Bonchev–Trinajstić information content (AvgIpc) is 2.39. The molecule has 0 aromatic rings. The minimum absolute atomic E-state index is 0.118. The van der Waals surface area contributed by atoms with Gasteiger partial charge in [0.25, 0.3) is 10.2 Å². The summed E-state index contributed by atoms with van der Waals surface area (Å²) in [7, 11) is -3.30. The second-order valence-corrected chi connectivity index (χ2v) is 7.89. The number of piperidine rings is 2. The van der Waals surface area contributed by atoms with E-state index in [2.05, 4.69) is 0 Å². The minimum atomic E-state index is -3.30. The van der Waals surface area contributed by atoms with Crippen LogP contribution < -0.4 is 5.73 Å². The quantitative estimate of drug-likeness (QED) is 0.793. The first-order chi connectivity index (χ1) is 8.93. The number of hydrogen-bond acceptors (Lipinski definition) is 3. The first-order valence-electron chi connectivity index (χ1n) is 6.99. The van der Waals surface area contributed by atoms with Gasteiger partial charge in [-0.2, -0.15) is 17.0 Å². The number of hydrogen-bond donors (Lipinski definition) is 1. The van der Waals surface area contributed by atoms with Crippen LogP contribution in [0, 0.1) is 5.92 Å². The third kappa shape index (κ3) is 3.26. The molecule has 0 spiro atoms. The highest BCUT2D eigenvalue weighted by atomic mass is 32.2. The summed E-state index contributed by atoms with van der Waals surface area (Å²) in [6.45, 7) is 3.72. The zero-order valence-corrected chi connectivity index (χ0v) is 13.0. The van der Waals surface area contributed by atoms with Gasteiger partial charge < -0.3 is 5.73 Å². The van der Waals surface area contributed by atoms with Crippen LogP contribution in [0.1, 0.15) is 39.0 Å². The van der Waals surface area contributed by atoms with Crippen LogP contribution in [0.4, 0.5) is 0 Å². The molecule has 2 N–H and O–H groups in total. The molecule has 2 heterocycles. The van der Waals surface area contributed by atoms with Gasteiger partial charge in [0.05, 0.1) is 4.99 Å². The van der Waals surface area contributed by atoms with E-state index >= 15 is 0 Å². The van der Waals surface area contributed by atoms with Gasteiger partial charge in [-0.1, -0.05) is 18.6 Å². The maximum absolute atomic E-state index is 12.6. The largest absolute Gasteiger partial charge is 0.393 e. The summed E-state index contributed by atoms with van der Waals surface area (Å²) in [5, 5.41) is 0. The summed E-state index contributed by atoms with van der Waals surface area (Å²) in [5.74, 6) is 0.195. The minimum Gasteiger partial charge on any atom is -0.393 e. The van der Waals surface area contributed by atoms with E-state index in [1.807, 2.05) is 6.92 Å². The molecule has 1 atom stereocenters. The molecule has 5 nitrogen and oxygen atoms in total. The molecule has 19 heavy (non-hydrogen) atoms. The van der Waals surface area contributed by atoms with Gasteiger partial charge in [-0.05, 0) is 32.6 Å². The molecule has 0 aromatic carbocycles. The molecule has 2 fully saturated rings. The Hall–Kier alpha value is -0.240. The average molecular weight is 305 g/mol. The van der Waals surface area contributed by atoms with Gasteiger partial charge in [0.2, 0.25) is 0 Å². The Labute approximate surface area is 121 Å². The van der Waals surface area contributed by atoms with E-state index in [0.717, 1.165) is 32.1 Å². The van der Waals surface area contributed by atoms with E-state index in [1.165, 1.54) is 0 Å². The van der Waals surface area contributed by atoms with Crippen molar-refractivity contribution in [3.05, 3.63) is 0 Å². The summed E-state index contributed by atoms with van der Waals surface area (Å²) < 4.78 is 28.5. The molecule has 0 saturated carbocycles. The summed E-state index contributed by atoms with van der Waals surface area (Å²) in [5.41, 5.74) is 5.64. The van der Waals surface area contributed by atoms with Crippen molar-refractivity contribution >= 4 is 27.4 Å². The van der Waals surface area contributed by atoms with Gasteiger partial charge in [0.1, 0.15) is 0 Å². The Morgan fingerprint density at radius 1 is 1.16 bits per heavy atom. The Morgan fingerprint density at radius 2 is 1.79 bits per heavy atom. The number of nitrogens with zero attached hydrogens (tertiary/aromatic N) is 2. The second kappa shape index (κ2) is 6.03. The van der Waals surface area contributed by atoms with Crippen molar-refractivity contribution < 1.29 is 8.42 Å². The monoisotopic (exact) mass is 305 g/mol. The van der Waals surface area contributed by atoms with Gasteiger partial charge in [0.15, 0.2) is 0 Å². The second-order valence-electron chi connectivity index (χ2n) is 5.54. The topological polar surface area (TPSA) is 66.6 Å². The first kappa shape index (κ1) is 15.2. The Bertz CT molecular complexity index is 430. The highest BCUT2D eigenvalue weighted by Gasteiger charge is 2.36. The molecular formula is C12H23N3O2S2. The normalized spacial score (nSPS) is 28.4. The molecule has 0 amide bonds. The van der Waals surface area contributed by atoms with E-state index < -0.39 is 10.2 Å². The Kier molecular flexibility index (Phi) is 4.81. The molecular weight excluding hydrogens is 282 g/mol. The van der Waals surface area contributed by atoms with Gasteiger partial charge in [-0.3, -0.25) is 0 Å². The van der Waals surface area contributed by atoms with Gasteiger partial charge in [-0.15, -0.1) is 0 Å². The number of nitrogens with two attached hydrogens (primary N) is 1. The lowest BCUT2D eigenvalue weighted by atomic mass is 9.98. The lowest BCUT2D eigenvalue weighted by Gasteiger charge is -2.38. The van der Waals surface area contributed by atoms with E-state index in [1.54, 1.807) is 8.61 Å².